The minimum Gasteiger partial charge on any atom is -0.494 e. The van der Waals surface area contributed by atoms with Crippen molar-refractivity contribution in [3.8, 4) is 16.9 Å². The summed E-state index contributed by atoms with van der Waals surface area (Å²) in [6.07, 6.45) is 10.5. The molecule has 36 heavy (non-hydrogen) atoms. The summed E-state index contributed by atoms with van der Waals surface area (Å²) in [5.74, 6) is 0.669. The lowest BCUT2D eigenvalue weighted by Gasteiger charge is -2.08. The van der Waals surface area contributed by atoms with E-state index in [0.29, 0.717) is 11.0 Å². The van der Waals surface area contributed by atoms with E-state index < -0.39 is 0 Å². The van der Waals surface area contributed by atoms with Crippen LogP contribution in [0, 0.1) is 0 Å². The molecule has 0 spiro atoms. The third-order valence-electron chi connectivity index (χ3n) is 6.09. The topological polar surface area (TPSA) is 66.2 Å². The molecule has 0 aliphatic carbocycles. The number of carbonyl (C=O) groups is 1. The van der Waals surface area contributed by atoms with Gasteiger partial charge in [-0.3, -0.25) is 4.79 Å². The number of para-hydroxylation sites is 1. The molecule has 0 atom stereocenters. The highest BCUT2D eigenvalue weighted by Gasteiger charge is 2.08. The molecular weight excluding hydrogens is 450 g/mol. The van der Waals surface area contributed by atoms with Gasteiger partial charge in [0.1, 0.15) is 11.3 Å². The number of fused-ring (bicyclic) bond motifs is 1. The Morgan fingerprint density at radius 1 is 0.806 bits per heavy atom. The number of hydrogen-bond donors (Lipinski definition) is 0. The summed E-state index contributed by atoms with van der Waals surface area (Å²) in [6.45, 7) is 1.62. The van der Waals surface area contributed by atoms with E-state index in [4.69, 9.17) is 9.47 Å². The van der Waals surface area contributed by atoms with Crippen LogP contribution in [0.2, 0.25) is 0 Å². The molecular formula is C30H33N3O3. The molecule has 1 heterocycles. The van der Waals surface area contributed by atoms with Crippen molar-refractivity contribution in [2.45, 2.75) is 38.5 Å². The standard InChI is InChI=1S/C30H33N3O3/c1-35-22-8-4-2-3-5-9-23-36-27-19-17-26(18-20-27)25-15-12-24(13-16-25)14-21-30(34)33-29-11-7-6-10-28(29)31-32-33/h6-7,10-21H,2-5,8-9,22-23H2,1H3. The summed E-state index contributed by atoms with van der Waals surface area (Å²) >= 11 is 0. The molecule has 0 saturated heterocycles. The van der Waals surface area contributed by atoms with Crippen LogP contribution in [0.5, 0.6) is 5.75 Å². The molecule has 0 bridgehead atoms. The molecule has 3 aromatic carbocycles. The number of ether oxygens (including phenoxy) is 2. The highest BCUT2D eigenvalue weighted by molar-refractivity contribution is 5.98. The SMILES string of the molecule is COCCCCCCCCOc1ccc(-c2ccc(C=CC(=O)n3nnc4ccccc43)cc2)cc1. The maximum Gasteiger partial charge on any atom is 0.272 e. The fourth-order valence-corrected chi connectivity index (χ4v) is 4.05. The Morgan fingerprint density at radius 3 is 2.17 bits per heavy atom. The largest absolute Gasteiger partial charge is 0.494 e. The van der Waals surface area contributed by atoms with Crippen molar-refractivity contribution < 1.29 is 14.3 Å². The molecule has 6 heteroatoms. The minimum atomic E-state index is -0.231. The van der Waals surface area contributed by atoms with Crippen LogP contribution in [-0.4, -0.2) is 41.2 Å². The van der Waals surface area contributed by atoms with E-state index in [2.05, 4.69) is 34.6 Å². The fourth-order valence-electron chi connectivity index (χ4n) is 4.05. The fraction of sp³-hybridized carbons (Fsp3) is 0.300. The smallest absolute Gasteiger partial charge is 0.272 e. The summed E-state index contributed by atoms with van der Waals surface area (Å²) in [5.41, 5.74) is 4.57. The quantitative estimate of drug-likeness (QED) is 0.154. The minimum absolute atomic E-state index is 0.231. The first kappa shape index (κ1) is 25.3. The number of benzene rings is 3. The first-order valence-electron chi connectivity index (χ1n) is 12.6. The Balaban J connectivity index is 1.23. The second kappa shape index (κ2) is 13.4. The van der Waals surface area contributed by atoms with E-state index in [9.17, 15) is 4.79 Å². The van der Waals surface area contributed by atoms with Crippen molar-refractivity contribution in [2.24, 2.45) is 0 Å². The lowest BCUT2D eigenvalue weighted by Crippen LogP contribution is -2.08. The molecule has 0 amide bonds. The van der Waals surface area contributed by atoms with Crippen LogP contribution < -0.4 is 4.74 Å². The van der Waals surface area contributed by atoms with Gasteiger partial charge >= 0.3 is 0 Å². The van der Waals surface area contributed by atoms with Crippen molar-refractivity contribution in [1.29, 1.82) is 0 Å². The summed E-state index contributed by atoms with van der Waals surface area (Å²) < 4.78 is 12.3. The highest BCUT2D eigenvalue weighted by atomic mass is 16.5. The van der Waals surface area contributed by atoms with E-state index in [1.807, 2.05) is 48.5 Å². The van der Waals surface area contributed by atoms with E-state index >= 15 is 0 Å². The van der Waals surface area contributed by atoms with Crippen LogP contribution in [0.15, 0.2) is 78.9 Å². The molecule has 6 nitrogen and oxygen atoms in total. The molecule has 0 aliphatic rings. The van der Waals surface area contributed by atoms with Crippen LogP contribution in [0.3, 0.4) is 0 Å². The van der Waals surface area contributed by atoms with Crippen molar-refractivity contribution >= 4 is 23.0 Å². The Labute approximate surface area is 212 Å². The number of rotatable bonds is 13. The van der Waals surface area contributed by atoms with Crippen LogP contribution in [0.25, 0.3) is 28.2 Å². The van der Waals surface area contributed by atoms with Gasteiger partial charge in [-0.05, 0) is 59.9 Å². The first-order valence-corrected chi connectivity index (χ1v) is 12.6. The van der Waals surface area contributed by atoms with Gasteiger partial charge in [-0.15, -0.1) is 5.10 Å². The number of nitrogens with zero attached hydrogens (tertiary/aromatic N) is 3. The van der Waals surface area contributed by atoms with Crippen LogP contribution in [0.1, 0.15) is 48.9 Å². The summed E-state index contributed by atoms with van der Waals surface area (Å²) in [4.78, 5) is 12.5. The molecule has 0 unspecified atom stereocenters. The van der Waals surface area contributed by atoms with Gasteiger partial charge in [-0.25, -0.2) is 0 Å². The number of allylic oxidation sites excluding steroid dienone is 1. The van der Waals surface area contributed by atoms with Gasteiger partial charge in [-0.2, -0.15) is 4.68 Å². The summed E-state index contributed by atoms with van der Waals surface area (Å²) in [5, 5.41) is 8.00. The monoisotopic (exact) mass is 483 g/mol. The lowest BCUT2D eigenvalue weighted by molar-refractivity contribution is 0.0958. The van der Waals surface area contributed by atoms with Gasteiger partial charge in [0.25, 0.3) is 5.91 Å². The van der Waals surface area contributed by atoms with E-state index in [1.165, 1.54) is 36.4 Å². The van der Waals surface area contributed by atoms with Gasteiger partial charge < -0.3 is 9.47 Å². The molecule has 0 saturated carbocycles. The van der Waals surface area contributed by atoms with E-state index in [1.54, 1.807) is 13.2 Å². The molecule has 0 radical (unpaired) electrons. The molecule has 186 valence electrons. The highest BCUT2D eigenvalue weighted by Crippen LogP contribution is 2.23. The van der Waals surface area contributed by atoms with Crippen molar-refractivity contribution in [1.82, 2.24) is 15.0 Å². The van der Waals surface area contributed by atoms with Crippen molar-refractivity contribution in [2.75, 3.05) is 20.3 Å². The van der Waals surface area contributed by atoms with Crippen LogP contribution >= 0.6 is 0 Å². The van der Waals surface area contributed by atoms with Crippen LogP contribution in [-0.2, 0) is 4.74 Å². The molecule has 4 rings (SSSR count). The van der Waals surface area contributed by atoms with Crippen molar-refractivity contribution in [3.63, 3.8) is 0 Å². The number of unbranched alkanes of at least 4 members (excludes halogenated alkanes) is 5. The van der Waals surface area contributed by atoms with Gasteiger partial charge in [0.2, 0.25) is 0 Å². The molecule has 1 aromatic heterocycles. The second-order valence-corrected chi connectivity index (χ2v) is 8.77. The third-order valence-corrected chi connectivity index (χ3v) is 6.09. The second-order valence-electron chi connectivity index (χ2n) is 8.77. The molecule has 0 N–H and O–H groups in total. The first-order chi connectivity index (χ1) is 17.7. The van der Waals surface area contributed by atoms with Crippen molar-refractivity contribution in [3.05, 3.63) is 84.4 Å². The third kappa shape index (κ3) is 7.12. The number of hydrogen-bond acceptors (Lipinski definition) is 5. The average Bonchev–Trinajstić information content (AvgIpc) is 3.36. The Morgan fingerprint density at radius 2 is 1.44 bits per heavy atom. The molecule has 0 fully saturated rings. The maximum absolute atomic E-state index is 12.5. The zero-order valence-corrected chi connectivity index (χ0v) is 20.8. The lowest BCUT2D eigenvalue weighted by atomic mass is 10.0. The van der Waals surface area contributed by atoms with Gasteiger partial charge in [0, 0.05) is 19.8 Å². The predicted octanol–water partition coefficient (Wildman–Crippen LogP) is 6.82. The summed E-state index contributed by atoms with van der Waals surface area (Å²) in [6, 6.07) is 23.7. The molecule has 0 aliphatic heterocycles. The van der Waals surface area contributed by atoms with E-state index in [-0.39, 0.29) is 5.91 Å². The van der Waals surface area contributed by atoms with Gasteiger partial charge in [0.05, 0.1) is 12.1 Å². The summed E-state index contributed by atoms with van der Waals surface area (Å²) in [7, 11) is 1.76. The Bertz CT molecular complexity index is 1260. The number of aromatic nitrogens is 3. The Hall–Kier alpha value is -3.77. The zero-order valence-electron chi connectivity index (χ0n) is 20.8. The Kier molecular flexibility index (Phi) is 9.39. The maximum atomic E-state index is 12.5. The van der Waals surface area contributed by atoms with Gasteiger partial charge in [0.15, 0.2) is 0 Å². The van der Waals surface area contributed by atoms with Crippen LogP contribution in [0.4, 0.5) is 0 Å². The normalized spacial score (nSPS) is 11.4. The average molecular weight is 484 g/mol. The number of methoxy groups -OCH3 is 1. The molecule has 4 aromatic rings. The number of carbonyl (C=O) groups excluding carboxylic acids is 1. The predicted molar refractivity (Wildman–Crippen MR) is 144 cm³/mol. The van der Waals surface area contributed by atoms with Gasteiger partial charge in [-0.1, -0.05) is 79.4 Å². The van der Waals surface area contributed by atoms with E-state index in [0.717, 1.165) is 48.5 Å². The zero-order chi connectivity index (χ0) is 25.0.